The number of rotatable bonds is 10. The van der Waals surface area contributed by atoms with Crippen LogP contribution in [0.5, 0.6) is 0 Å². The van der Waals surface area contributed by atoms with Crippen molar-refractivity contribution in [3.8, 4) is 0 Å². The van der Waals surface area contributed by atoms with E-state index in [1.165, 1.54) is 17.7 Å². The van der Waals surface area contributed by atoms with E-state index in [4.69, 9.17) is 42.4 Å². The van der Waals surface area contributed by atoms with E-state index in [-0.39, 0.29) is 5.82 Å². The molecule has 40 heavy (non-hydrogen) atoms. The number of fused-ring (bicyclic) bond motifs is 1. The quantitative estimate of drug-likeness (QED) is 0.124. The Balaban J connectivity index is 1.38. The SMILES string of the molecule is Nc1ncnc2c([C@@H]3O[C@H](COP(O)(=S)OP(=O)(O)OC4OC([C@@H](F)CO)C(O)C(O)C4O)[C@@H](O)[C@H]3N)csc12. The minimum atomic E-state index is -5.45. The smallest absolute Gasteiger partial charge is 0.393 e. The second kappa shape index (κ2) is 12.4. The molecule has 2 aliphatic rings. The molecular formula is C18H27FN4O13P2S2. The Morgan fingerprint density at radius 3 is 2.52 bits per heavy atom. The molecule has 2 fully saturated rings. The number of thiophene rings is 1. The summed E-state index contributed by atoms with van der Waals surface area (Å²) >= 11 is 5.97. The van der Waals surface area contributed by atoms with E-state index in [2.05, 4.69) is 18.8 Å². The van der Waals surface area contributed by atoms with Crippen molar-refractivity contribution in [3.63, 3.8) is 0 Å². The minimum Gasteiger partial charge on any atom is -0.393 e. The molecule has 17 nitrogen and oxygen atoms in total. The van der Waals surface area contributed by atoms with Crippen LogP contribution in [0.25, 0.3) is 10.2 Å². The number of alkyl halides is 1. The van der Waals surface area contributed by atoms with E-state index in [0.29, 0.717) is 15.8 Å². The van der Waals surface area contributed by atoms with Crippen LogP contribution in [0.2, 0.25) is 0 Å². The molecule has 2 aliphatic heterocycles. The van der Waals surface area contributed by atoms with E-state index in [9.17, 15) is 39.2 Å². The zero-order chi connectivity index (χ0) is 29.6. The van der Waals surface area contributed by atoms with Gasteiger partial charge in [-0.2, -0.15) is 0 Å². The highest BCUT2D eigenvalue weighted by molar-refractivity contribution is 8.08. The van der Waals surface area contributed by atoms with Gasteiger partial charge in [-0.1, -0.05) is 0 Å². The van der Waals surface area contributed by atoms with Crippen molar-refractivity contribution in [3.05, 3.63) is 17.3 Å². The van der Waals surface area contributed by atoms with Gasteiger partial charge in [0, 0.05) is 5.56 Å². The summed E-state index contributed by atoms with van der Waals surface area (Å²) in [6.45, 7) is -6.44. The number of hydrogen-bond donors (Lipinski definition) is 9. The fourth-order valence-corrected chi connectivity index (χ4v) is 8.17. The number of phosphoric ester groups is 1. The lowest BCUT2D eigenvalue weighted by Crippen LogP contribution is -2.60. The summed E-state index contributed by atoms with van der Waals surface area (Å²) in [6, 6.07) is -0.981. The lowest BCUT2D eigenvalue weighted by molar-refractivity contribution is -0.287. The fourth-order valence-electron chi connectivity index (χ4n) is 4.13. The molecule has 226 valence electrons. The molecule has 0 aliphatic carbocycles. The highest BCUT2D eigenvalue weighted by atomic mass is 32.5. The standard InChI is InChI=1S/C18H27FN4O13P2S2/c19-6(1-24)15-12(27)11(26)13(28)18(34-15)35-37(29,30)36-38(31,39)32-2-7-10(25)8(20)14(33-7)5-3-40-16-9(5)22-4-23-17(16)21/h3-4,6-8,10-15,18,24-28H,1-2,20H2,(H,29,30)(H,31,39)(H2,21,22,23)/t6-,7+,8+,10+,11?,12?,13?,14-,15?,18?,38?/m0/s1. The van der Waals surface area contributed by atoms with Gasteiger partial charge in [-0.25, -0.2) is 23.2 Å². The van der Waals surface area contributed by atoms with Gasteiger partial charge in [0.1, 0.15) is 54.9 Å². The van der Waals surface area contributed by atoms with Crippen LogP contribution in [0.1, 0.15) is 11.7 Å². The van der Waals surface area contributed by atoms with Crippen LogP contribution in [0.15, 0.2) is 11.7 Å². The van der Waals surface area contributed by atoms with Crippen molar-refractivity contribution in [2.24, 2.45) is 5.73 Å². The maximum Gasteiger partial charge on any atom is 0.481 e. The number of aliphatic hydroxyl groups is 5. The fraction of sp³-hybridized carbons (Fsp3) is 0.667. The number of aliphatic hydroxyl groups excluding tert-OH is 5. The third-order valence-corrected chi connectivity index (χ3v) is 10.7. The molecule has 12 atom stereocenters. The van der Waals surface area contributed by atoms with Gasteiger partial charge in [-0.3, -0.25) is 4.52 Å². The molecule has 2 aromatic rings. The normalized spacial score (nSPS) is 36.8. The van der Waals surface area contributed by atoms with Crippen LogP contribution in [0, 0.1) is 0 Å². The van der Waals surface area contributed by atoms with E-state index in [1.54, 1.807) is 5.38 Å². The Labute approximate surface area is 233 Å². The van der Waals surface area contributed by atoms with Crippen LogP contribution >= 0.6 is 25.9 Å². The summed E-state index contributed by atoms with van der Waals surface area (Å²) in [5, 5.41) is 51.0. The number of anilines is 1. The summed E-state index contributed by atoms with van der Waals surface area (Å²) in [7, 11) is -5.45. The van der Waals surface area contributed by atoms with Crippen molar-refractivity contribution in [1.29, 1.82) is 0 Å². The molecule has 0 spiro atoms. The molecule has 0 saturated carbocycles. The van der Waals surface area contributed by atoms with Crippen LogP contribution in [-0.4, -0.2) is 114 Å². The summed E-state index contributed by atoms with van der Waals surface area (Å²) < 4.78 is 51.8. The van der Waals surface area contributed by atoms with Gasteiger partial charge >= 0.3 is 14.5 Å². The van der Waals surface area contributed by atoms with Gasteiger partial charge in [0.25, 0.3) is 0 Å². The third-order valence-electron chi connectivity index (χ3n) is 6.14. The minimum absolute atomic E-state index is 0.243. The maximum absolute atomic E-state index is 13.9. The molecule has 0 amide bonds. The van der Waals surface area contributed by atoms with Gasteiger partial charge in [0.15, 0.2) is 12.5 Å². The topological polar surface area (TPSA) is 283 Å². The Morgan fingerprint density at radius 2 is 1.85 bits per heavy atom. The number of aromatic nitrogens is 2. The average molecular weight is 653 g/mol. The Morgan fingerprint density at radius 1 is 1.15 bits per heavy atom. The number of nitrogens with two attached hydrogens (primary N) is 2. The summed E-state index contributed by atoms with van der Waals surface area (Å²) in [5.41, 5.74) is 13.0. The van der Waals surface area contributed by atoms with E-state index in [0.717, 1.165) is 0 Å². The van der Waals surface area contributed by atoms with E-state index < -0.39 is 89.0 Å². The first kappa shape index (κ1) is 32.1. The molecule has 22 heteroatoms. The largest absolute Gasteiger partial charge is 0.481 e. The molecule has 2 aromatic heterocycles. The van der Waals surface area contributed by atoms with Crippen molar-refractivity contribution >= 4 is 53.7 Å². The van der Waals surface area contributed by atoms with Crippen molar-refractivity contribution in [2.75, 3.05) is 18.9 Å². The lowest BCUT2D eigenvalue weighted by atomic mass is 9.96. The van der Waals surface area contributed by atoms with E-state index in [1.807, 2.05) is 0 Å². The first-order chi connectivity index (χ1) is 18.7. The molecular weight excluding hydrogens is 625 g/mol. The monoisotopic (exact) mass is 652 g/mol. The van der Waals surface area contributed by atoms with Crippen LogP contribution in [0.4, 0.5) is 10.2 Å². The second-order valence-electron chi connectivity index (χ2n) is 8.85. The highest BCUT2D eigenvalue weighted by Gasteiger charge is 2.50. The van der Waals surface area contributed by atoms with Gasteiger partial charge in [-0.15, -0.1) is 11.3 Å². The number of ether oxygens (including phenoxy) is 2. The Hall–Kier alpha value is -0.870. The first-order valence-corrected chi connectivity index (χ1v) is 16.3. The zero-order valence-corrected chi connectivity index (χ0v) is 23.5. The predicted octanol–water partition coefficient (Wildman–Crippen LogP) is -2.09. The van der Waals surface area contributed by atoms with Gasteiger partial charge in [0.2, 0.25) is 0 Å². The number of nitrogens with zero attached hydrogens (tertiary/aromatic N) is 2. The summed E-state index contributed by atoms with van der Waals surface area (Å²) in [4.78, 5) is 28.5. The second-order valence-corrected chi connectivity index (χ2v) is 14.1. The van der Waals surface area contributed by atoms with Gasteiger partial charge in [-0.05, 0) is 17.2 Å². The number of hydrogen-bond acceptors (Lipinski definition) is 17. The van der Waals surface area contributed by atoms with E-state index >= 15 is 0 Å². The molecule has 0 bridgehead atoms. The summed E-state index contributed by atoms with van der Waals surface area (Å²) in [6.07, 6.45) is -14.9. The van der Waals surface area contributed by atoms with Crippen LogP contribution in [-0.2, 0) is 39.2 Å². The first-order valence-electron chi connectivity index (χ1n) is 11.4. The van der Waals surface area contributed by atoms with Gasteiger partial charge < -0.3 is 60.8 Å². The highest BCUT2D eigenvalue weighted by Crippen LogP contribution is 2.62. The van der Waals surface area contributed by atoms with Crippen LogP contribution < -0.4 is 11.5 Å². The van der Waals surface area contributed by atoms with Crippen molar-refractivity contribution in [2.45, 2.75) is 61.2 Å². The van der Waals surface area contributed by atoms with Crippen molar-refractivity contribution in [1.82, 2.24) is 9.97 Å². The van der Waals surface area contributed by atoms with Crippen LogP contribution in [0.3, 0.4) is 0 Å². The number of nitrogen functional groups attached to an aromatic ring is 1. The van der Waals surface area contributed by atoms with Crippen molar-refractivity contribution < 1.29 is 67.1 Å². The lowest BCUT2D eigenvalue weighted by Gasteiger charge is -2.41. The molecule has 2 saturated heterocycles. The molecule has 0 radical (unpaired) electrons. The maximum atomic E-state index is 13.9. The Bertz CT molecular complexity index is 1300. The molecule has 4 heterocycles. The average Bonchev–Trinajstić information content (AvgIpc) is 3.43. The predicted molar refractivity (Wildman–Crippen MR) is 137 cm³/mol. The molecule has 7 unspecified atom stereocenters. The number of halogens is 1. The molecule has 4 rings (SSSR count). The van der Waals surface area contributed by atoms with Gasteiger partial charge in [0.05, 0.1) is 29.5 Å². The molecule has 0 aromatic carbocycles. The summed E-state index contributed by atoms with van der Waals surface area (Å²) in [5.74, 6) is 0.243. The Kier molecular flexibility index (Phi) is 9.93. The molecule has 11 N–H and O–H groups in total. The zero-order valence-electron chi connectivity index (χ0n) is 20.1. The number of phosphoric acid groups is 1. The third kappa shape index (κ3) is 6.69.